The normalized spacial score (nSPS) is 10.8. The third-order valence-electron chi connectivity index (χ3n) is 2.82. The van der Waals surface area contributed by atoms with Crippen molar-refractivity contribution < 1.29 is 4.79 Å². The van der Waals surface area contributed by atoms with E-state index in [1.54, 1.807) is 4.40 Å². The number of carbonyl (C=O) groups excluding carboxylic acids is 1. The summed E-state index contributed by atoms with van der Waals surface area (Å²) in [6.45, 7) is 0.238. The zero-order valence-corrected chi connectivity index (χ0v) is 12.1. The number of nitrogens with zero attached hydrogens (tertiary/aromatic N) is 4. The molecule has 3 heterocycles. The van der Waals surface area contributed by atoms with Gasteiger partial charge in [-0.25, -0.2) is 4.98 Å². The Morgan fingerprint density at radius 3 is 2.71 bits per heavy atom. The van der Waals surface area contributed by atoms with Crippen LogP contribution in [0.15, 0.2) is 36.5 Å². The number of hydrogen-bond acceptors (Lipinski definition) is 4. The van der Waals surface area contributed by atoms with Gasteiger partial charge in [-0.05, 0) is 24.3 Å². The predicted octanol–water partition coefficient (Wildman–Crippen LogP) is 2.36. The molecule has 0 unspecified atom stereocenters. The molecule has 3 aromatic heterocycles. The number of nitrogens with one attached hydrogen (secondary N) is 1. The van der Waals surface area contributed by atoms with Crippen molar-refractivity contribution in [3.63, 3.8) is 0 Å². The van der Waals surface area contributed by atoms with E-state index in [2.05, 4.69) is 20.5 Å². The Hall–Kier alpha value is -2.18. The van der Waals surface area contributed by atoms with Crippen molar-refractivity contribution in [1.82, 2.24) is 24.9 Å². The fraction of sp³-hybridized carbons (Fsp3) is 0.0769. The molecule has 0 aliphatic heterocycles. The van der Waals surface area contributed by atoms with Crippen LogP contribution in [0, 0.1) is 0 Å². The Labute approximate surface area is 129 Å². The largest absolute Gasteiger partial charge is 0.345 e. The Balaban J connectivity index is 1.76. The van der Waals surface area contributed by atoms with Crippen molar-refractivity contribution in [3.8, 4) is 0 Å². The number of hydrogen-bond donors (Lipinski definition) is 1. The molecule has 6 nitrogen and oxygen atoms in total. The number of amides is 1. The average Bonchev–Trinajstić information content (AvgIpc) is 2.87. The van der Waals surface area contributed by atoms with Gasteiger partial charge in [-0.2, -0.15) is 0 Å². The van der Waals surface area contributed by atoms with Gasteiger partial charge in [0.2, 0.25) is 0 Å². The molecule has 0 saturated heterocycles. The van der Waals surface area contributed by atoms with Gasteiger partial charge >= 0.3 is 0 Å². The van der Waals surface area contributed by atoms with Crippen molar-refractivity contribution in [1.29, 1.82) is 0 Å². The Bertz CT molecular complexity index is 797. The van der Waals surface area contributed by atoms with Gasteiger partial charge in [0, 0.05) is 11.8 Å². The van der Waals surface area contributed by atoms with Crippen LogP contribution in [0.25, 0.3) is 5.65 Å². The molecule has 0 spiro atoms. The lowest BCUT2D eigenvalue weighted by atomic mass is 10.2. The van der Waals surface area contributed by atoms with Crippen LogP contribution in [-0.2, 0) is 6.54 Å². The van der Waals surface area contributed by atoms with Crippen LogP contribution in [0.3, 0.4) is 0 Å². The van der Waals surface area contributed by atoms with Crippen LogP contribution >= 0.6 is 23.2 Å². The van der Waals surface area contributed by atoms with E-state index in [0.717, 1.165) is 5.65 Å². The zero-order chi connectivity index (χ0) is 14.8. The number of pyridine rings is 2. The second-order valence-electron chi connectivity index (χ2n) is 4.23. The summed E-state index contributed by atoms with van der Waals surface area (Å²) in [7, 11) is 0. The quantitative estimate of drug-likeness (QED) is 0.752. The lowest BCUT2D eigenvalue weighted by Gasteiger charge is -2.05. The van der Waals surface area contributed by atoms with E-state index in [-0.39, 0.29) is 22.8 Å². The lowest BCUT2D eigenvalue weighted by Crippen LogP contribution is -2.24. The molecule has 1 N–H and O–H groups in total. The van der Waals surface area contributed by atoms with Crippen molar-refractivity contribution >= 4 is 34.8 Å². The summed E-state index contributed by atoms with van der Waals surface area (Å²) in [5, 5.41) is 11.1. The highest BCUT2D eigenvalue weighted by atomic mass is 35.5. The number of fused-ring (bicyclic) bond motifs is 1. The Morgan fingerprint density at radius 1 is 1.19 bits per heavy atom. The van der Waals surface area contributed by atoms with Gasteiger partial charge in [0.15, 0.2) is 11.5 Å². The van der Waals surface area contributed by atoms with Gasteiger partial charge in [0.1, 0.15) is 10.3 Å². The van der Waals surface area contributed by atoms with Crippen molar-refractivity contribution in [2.24, 2.45) is 0 Å². The van der Waals surface area contributed by atoms with Gasteiger partial charge in [-0.1, -0.05) is 29.3 Å². The summed E-state index contributed by atoms with van der Waals surface area (Å²) in [6, 6.07) is 8.47. The zero-order valence-electron chi connectivity index (χ0n) is 10.6. The van der Waals surface area contributed by atoms with E-state index in [1.807, 2.05) is 24.4 Å². The number of halogens is 2. The minimum Gasteiger partial charge on any atom is -0.345 e. The van der Waals surface area contributed by atoms with Gasteiger partial charge in [0.05, 0.1) is 6.54 Å². The third kappa shape index (κ3) is 2.96. The first-order valence-corrected chi connectivity index (χ1v) is 6.79. The fourth-order valence-corrected chi connectivity index (χ4v) is 2.33. The van der Waals surface area contributed by atoms with Crippen molar-refractivity contribution in [2.75, 3.05) is 0 Å². The number of carbonyl (C=O) groups is 1. The number of rotatable bonds is 3. The third-order valence-corrected chi connectivity index (χ3v) is 3.20. The second-order valence-corrected chi connectivity index (χ2v) is 5.00. The van der Waals surface area contributed by atoms with Gasteiger partial charge in [-0.3, -0.25) is 9.20 Å². The van der Waals surface area contributed by atoms with Crippen LogP contribution in [0.2, 0.25) is 10.3 Å². The van der Waals surface area contributed by atoms with Crippen LogP contribution in [0.1, 0.15) is 16.2 Å². The molecule has 21 heavy (non-hydrogen) atoms. The Morgan fingerprint density at radius 2 is 1.95 bits per heavy atom. The predicted molar refractivity (Wildman–Crippen MR) is 78.4 cm³/mol. The molecular weight excluding hydrogens is 313 g/mol. The summed E-state index contributed by atoms with van der Waals surface area (Å²) in [6.07, 6.45) is 1.83. The van der Waals surface area contributed by atoms with Crippen LogP contribution in [0.4, 0.5) is 0 Å². The molecule has 0 bridgehead atoms. The molecule has 0 fully saturated rings. The van der Waals surface area contributed by atoms with E-state index >= 15 is 0 Å². The molecule has 0 saturated carbocycles. The summed E-state index contributed by atoms with van der Waals surface area (Å²) < 4.78 is 1.80. The molecule has 106 valence electrons. The maximum absolute atomic E-state index is 12.1. The monoisotopic (exact) mass is 321 g/mol. The highest BCUT2D eigenvalue weighted by Crippen LogP contribution is 2.14. The standard InChI is InChI=1S/C13H9Cl2N5O/c14-9-5-8(6-10(15)17-9)13(21)16-7-12-19-18-11-3-1-2-4-20(11)12/h1-6H,7H2,(H,16,21). The molecule has 8 heteroatoms. The molecule has 1 amide bonds. The molecule has 0 aliphatic carbocycles. The smallest absolute Gasteiger partial charge is 0.251 e. The van der Waals surface area contributed by atoms with Gasteiger partial charge < -0.3 is 5.32 Å². The number of aromatic nitrogens is 4. The molecule has 0 radical (unpaired) electrons. The van der Waals surface area contributed by atoms with E-state index in [4.69, 9.17) is 23.2 Å². The van der Waals surface area contributed by atoms with Crippen molar-refractivity contribution in [3.05, 3.63) is 58.2 Å². The fourth-order valence-electron chi connectivity index (χ4n) is 1.87. The first-order chi connectivity index (χ1) is 10.1. The van der Waals surface area contributed by atoms with Gasteiger partial charge in [0.25, 0.3) is 5.91 Å². The van der Waals surface area contributed by atoms with E-state index < -0.39 is 0 Å². The topological polar surface area (TPSA) is 72.2 Å². The van der Waals surface area contributed by atoms with E-state index in [0.29, 0.717) is 11.4 Å². The molecule has 3 aromatic rings. The average molecular weight is 322 g/mol. The van der Waals surface area contributed by atoms with E-state index in [1.165, 1.54) is 12.1 Å². The SMILES string of the molecule is O=C(NCc1nnc2ccccn12)c1cc(Cl)nc(Cl)c1. The lowest BCUT2D eigenvalue weighted by molar-refractivity contribution is 0.0949. The maximum Gasteiger partial charge on any atom is 0.251 e. The summed E-state index contributed by atoms with van der Waals surface area (Å²) in [4.78, 5) is 15.9. The molecule has 0 atom stereocenters. The first-order valence-electron chi connectivity index (χ1n) is 6.03. The summed E-state index contributed by atoms with van der Waals surface area (Å²) in [5.41, 5.74) is 1.06. The highest BCUT2D eigenvalue weighted by molar-refractivity contribution is 6.33. The van der Waals surface area contributed by atoms with Crippen LogP contribution < -0.4 is 5.32 Å². The van der Waals surface area contributed by atoms with Gasteiger partial charge in [-0.15, -0.1) is 10.2 Å². The molecular formula is C13H9Cl2N5O. The highest BCUT2D eigenvalue weighted by Gasteiger charge is 2.10. The minimum atomic E-state index is -0.311. The van der Waals surface area contributed by atoms with Crippen molar-refractivity contribution in [2.45, 2.75) is 6.54 Å². The van der Waals surface area contributed by atoms with E-state index in [9.17, 15) is 4.79 Å². The molecule has 3 rings (SSSR count). The summed E-state index contributed by atoms with van der Waals surface area (Å²) >= 11 is 11.5. The minimum absolute atomic E-state index is 0.167. The molecule has 0 aliphatic rings. The first kappa shape index (κ1) is 13.8. The van der Waals surface area contributed by atoms with Crippen LogP contribution in [-0.4, -0.2) is 25.5 Å². The Kier molecular flexibility index (Phi) is 3.72. The molecule has 0 aromatic carbocycles. The van der Waals surface area contributed by atoms with Crippen LogP contribution in [0.5, 0.6) is 0 Å². The second kappa shape index (κ2) is 5.67. The summed E-state index contributed by atoms with van der Waals surface area (Å²) in [5.74, 6) is 0.319. The maximum atomic E-state index is 12.1.